The van der Waals surface area contributed by atoms with E-state index in [1.54, 1.807) is 6.07 Å². The summed E-state index contributed by atoms with van der Waals surface area (Å²) in [5.41, 5.74) is 2.17. The molecule has 0 unspecified atom stereocenters. The molecule has 0 atom stereocenters. The zero-order chi connectivity index (χ0) is 19.7. The Hall–Kier alpha value is -2.83. The van der Waals surface area contributed by atoms with Gasteiger partial charge in [0.1, 0.15) is 11.4 Å². The molecule has 3 heterocycles. The number of benzene rings is 1. The summed E-state index contributed by atoms with van der Waals surface area (Å²) >= 11 is 0. The Morgan fingerprint density at radius 3 is 2.71 bits per heavy atom. The van der Waals surface area contributed by atoms with E-state index in [1.165, 1.54) is 0 Å². The molecule has 1 spiro atoms. The molecule has 2 aromatic rings. The number of nitrogens with zero attached hydrogens (tertiary/aromatic N) is 3. The third-order valence-electron chi connectivity index (χ3n) is 5.70. The van der Waals surface area contributed by atoms with Gasteiger partial charge in [-0.15, -0.1) is 0 Å². The van der Waals surface area contributed by atoms with Crippen LogP contribution in [0.5, 0.6) is 5.75 Å². The van der Waals surface area contributed by atoms with Crippen molar-refractivity contribution in [3.63, 3.8) is 0 Å². The normalized spacial score (nSPS) is 18.2. The summed E-state index contributed by atoms with van der Waals surface area (Å²) in [6.07, 6.45) is 1.84. The molecule has 0 aliphatic carbocycles. The van der Waals surface area contributed by atoms with Gasteiger partial charge < -0.3 is 15.0 Å². The van der Waals surface area contributed by atoms with Crippen molar-refractivity contribution in [2.24, 2.45) is 0 Å². The molecule has 0 saturated carbocycles. The molecule has 4 rings (SSSR count). The van der Waals surface area contributed by atoms with Crippen LogP contribution in [0.25, 0.3) is 0 Å². The minimum atomic E-state index is -0.450. The van der Waals surface area contributed by atoms with Gasteiger partial charge in [0.15, 0.2) is 0 Å². The van der Waals surface area contributed by atoms with Gasteiger partial charge in [0, 0.05) is 44.6 Å². The Labute approximate surface area is 164 Å². The monoisotopic (exact) mass is 382 g/mol. The Kier molecular flexibility index (Phi) is 4.83. The van der Waals surface area contributed by atoms with Crippen LogP contribution in [0.2, 0.25) is 0 Å². The number of fused-ring (bicyclic) bond motifs is 1. The lowest BCUT2D eigenvalue weighted by Gasteiger charge is -2.41. The van der Waals surface area contributed by atoms with Crippen LogP contribution in [0.1, 0.15) is 41.0 Å². The number of ether oxygens (including phenoxy) is 1. The first kappa shape index (κ1) is 18.5. The van der Waals surface area contributed by atoms with Crippen molar-refractivity contribution >= 4 is 11.8 Å². The Morgan fingerprint density at radius 1 is 1.25 bits per heavy atom. The number of hydrogen-bond acceptors (Lipinski definition) is 4. The molecular formula is C21H26N4O3. The highest BCUT2D eigenvalue weighted by Gasteiger charge is 2.40. The van der Waals surface area contributed by atoms with E-state index in [0.29, 0.717) is 56.8 Å². The predicted octanol–water partition coefficient (Wildman–Crippen LogP) is 2.07. The molecule has 1 fully saturated rings. The van der Waals surface area contributed by atoms with Crippen LogP contribution >= 0.6 is 0 Å². The van der Waals surface area contributed by atoms with Crippen LogP contribution in [0.4, 0.5) is 0 Å². The van der Waals surface area contributed by atoms with Gasteiger partial charge in [0.05, 0.1) is 17.8 Å². The van der Waals surface area contributed by atoms with E-state index in [9.17, 15) is 9.59 Å². The highest BCUT2D eigenvalue weighted by molar-refractivity contribution is 5.97. The number of para-hydroxylation sites is 1. The zero-order valence-electron chi connectivity index (χ0n) is 16.4. The number of rotatable bonds is 3. The molecule has 1 saturated heterocycles. The third-order valence-corrected chi connectivity index (χ3v) is 5.70. The van der Waals surface area contributed by atoms with Crippen molar-refractivity contribution < 1.29 is 14.3 Å². The van der Waals surface area contributed by atoms with Crippen LogP contribution in [-0.2, 0) is 11.3 Å². The van der Waals surface area contributed by atoms with E-state index in [-0.39, 0.29) is 11.8 Å². The molecule has 0 radical (unpaired) electrons. The van der Waals surface area contributed by atoms with E-state index in [1.807, 2.05) is 47.7 Å². The number of piperidine rings is 1. The summed E-state index contributed by atoms with van der Waals surface area (Å²) in [5, 5.41) is 7.40. The van der Waals surface area contributed by atoms with E-state index in [2.05, 4.69) is 10.4 Å². The van der Waals surface area contributed by atoms with Gasteiger partial charge in [0.25, 0.3) is 5.91 Å². The summed E-state index contributed by atoms with van der Waals surface area (Å²) in [7, 11) is 0. The number of carbonyl (C=O) groups is 2. The Morgan fingerprint density at radius 2 is 2.00 bits per heavy atom. The maximum absolute atomic E-state index is 12.7. The van der Waals surface area contributed by atoms with Gasteiger partial charge in [-0.3, -0.25) is 14.3 Å². The molecule has 1 aromatic carbocycles. The van der Waals surface area contributed by atoms with Crippen molar-refractivity contribution in [1.29, 1.82) is 0 Å². The fourth-order valence-electron chi connectivity index (χ4n) is 4.05. The van der Waals surface area contributed by atoms with Gasteiger partial charge in [-0.05, 0) is 32.0 Å². The first-order valence-electron chi connectivity index (χ1n) is 9.81. The molecule has 1 N–H and O–H groups in total. The second kappa shape index (κ2) is 7.30. The van der Waals surface area contributed by atoms with Gasteiger partial charge in [-0.25, -0.2) is 0 Å². The lowest BCUT2D eigenvalue weighted by Crippen LogP contribution is -2.54. The maximum Gasteiger partial charge on any atom is 0.255 e. The zero-order valence-corrected chi connectivity index (χ0v) is 16.4. The number of carbonyl (C=O) groups excluding carboxylic acids is 2. The fraction of sp³-hybridized carbons (Fsp3) is 0.476. The molecule has 2 aliphatic heterocycles. The standard InChI is InChI=1S/C21H26N4O3/c1-15-13-16(2)25(23-15)10-7-19(26)24-11-8-21(9-12-24)14-22-20(27)17-5-3-4-6-18(17)28-21/h3-6,13H,7-12,14H2,1-2H3,(H,22,27). The largest absolute Gasteiger partial charge is 0.484 e. The summed E-state index contributed by atoms with van der Waals surface area (Å²) in [6.45, 7) is 6.29. The highest BCUT2D eigenvalue weighted by atomic mass is 16.5. The van der Waals surface area contributed by atoms with Crippen LogP contribution in [0, 0.1) is 13.8 Å². The number of aromatic nitrogens is 2. The SMILES string of the molecule is Cc1cc(C)n(CCC(=O)N2CCC3(CC2)CNC(=O)c2ccccc2O3)n1. The van der Waals surface area contributed by atoms with E-state index in [0.717, 1.165) is 11.4 Å². The average Bonchev–Trinajstić information content (AvgIpc) is 2.95. The minimum Gasteiger partial charge on any atom is -0.484 e. The Balaban J connectivity index is 1.37. The molecule has 28 heavy (non-hydrogen) atoms. The topological polar surface area (TPSA) is 76.5 Å². The van der Waals surface area contributed by atoms with Gasteiger partial charge in [-0.2, -0.15) is 5.10 Å². The van der Waals surface area contributed by atoms with E-state index < -0.39 is 5.60 Å². The lowest BCUT2D eigenvalue weighted by molar-refractivity contribution is -0.134. The summed E-state index contributed by atoms with van der Waals surface area (Å²) < 4.78 is 8.18. The quantitative estimate of drug-likeness (QED) is 0.882. The number of aryl methyl sites for hydroxylation is 3. The second-order valence-corrected chi connectivity index (χ2v) is 7.74. The third kappa shape index (κ3) is 3.61. The van der Waals surface area contributed by atoms with E-state index in [4.69, 9.17) is 4.74 Å². The van der Waals surface area contributed by atoms with Crippen molar-refractivity contribution in [2.75, 3.05) is 19.6 Å². The second-order valence-electron chi connectivity index (χ2n) is 7.74. The molecule has 2 aliphatic rings. The van der Waals surface area contributed by atoms with Crippen LogP contribution in [0.3, 0.4) is 0 Å². The predicted molar refractivity (Wildman–Crippen MR) is 104 cm³/mol. The molecule has 1 aromatic heterocycles. The number of nitrogens with one attached hydrogen (secondary N) is 1. The fourth-order valence-corrected chi connectivity index (χ4v) is 4.05. The molecule has 7 nitrogen and oxygen atoms in total. The molecule has 148 valence electrons. The highest BCUT2D eigenvalue weighted by Crippen LogP contribution is 2.33. The molecule has 7 heteroatoms. The van der Waals surface area contributed by atoms with Gasteiger partial charge in [0.2, 0.25) is 5.91 Å². The van der Waals surface area contributed by atoms with Crippen LogP contribution in [0.15, 0.2) is 30.3 Å². The number of amides is 2. The summed E-state index contributed by atoms with van der Waals surface area (Å²) in [6, 6.07) is 9.35. The minimum absolute atomic E-state index is 0.101. The smallest absolute Gasteiger partial charge is 0.255 e. The lowest BCUT2D eigenvalue weighted by atomic mass is 9.90. The first-order chi connectivity index (χ1) is 13.5. The molecule has 0 bridgehead atoms. The number of hydrogen-bond donors (Lipinski definition) is 1. The average molecular weight is 382 g/mol. The van der Waals surface area contributed by atoms with Crippen molar-refractivity contribution in [1.82, 2.24) is 20.0 Å². The van der Waals surface area contributed by atoms with Gasteiger partial charge >= 0.3 is 0 Å². The Bertz CT molecular complexity index is 897. The van der Waals surface area contributed by atoms with Crippen LogP contribution < -0.4 is 10.1 Å². The molecular weight excluding hydrogens is 356 g/mol. The number of likely N-dealkylation sites (tertiary alicyclic amines) is 1. The first-order valence-corrected chi connectivity index (χ1v) is 9.81. The van der Waals surface area contributed by atoms with Crippen molar-refractivity contribution in [3.05, 3.63) is 47.3 Å². The van der Waals surface area contributed by atoms with Crippen LogP contribution in [-0.4, -0.2) is 51.7 Å². The van der Waals surface area contributed by atoms with E-state index >= 15 is 0 Å². The maximum atomic E-state index is 12.7. The van der Waals surface area contributed by atoms with Crippen molar-refractivity contribution in [2.45, 2.75) is 45.3 Å². The molecule has 2 amide bonds. The van der Waals surface area contributed by atoms with Crippen molar-refractivity contribution in [3.8, 4) is 5.75 Å². The summed E-state index contributed by atoms with van der Waals surface area (Å²) in [4.78, 5) is 26.8. The summed E-state index contributed by atoms with van der Waals surface area (Å²) in [5.74, 6) is 0.665. The van der Waals surface area contributed by atoms with Gasteiger partial charge in [-0.1, -0.05) is 12.1 Å².